The normalized spacial score (nSPS) is 29.1. The van der Waals surface area contributed by atoms with E-state index in [0.717, 1.165) is 4.90 Å². The Hall–Kier alpha value is -0.360. The number of nitrogens with zero attached hydrogens (tertiary/aromatic N) is 1. The molecule has 1 atom stereocenters. The predicted molar refractivity (Wildman–Crippen MR) is 38.0 cm³/mol. The van der Waals surface area contributed by atoms with Gasteiger partial charge in [-0.05, 0) is 6.92 Å². The van der Waals surface area contributed by atoms with Gasteiger partial charge in [-0.25, -0.2) is 0 Å². The molecule has 13 heavy (non-hydrogen) atoms. The Morgan fingerprint density at radius 2 is 1.62 bits per heavy atom. The van der Waals surface area contributed by atoms with Gasteiger partial charge in [-0.3, -0.25) is 4.90 Å². The van der Waals surface area contributed by atoms with Gasteiger partial charge in [-0.1, -0.05) is 0 Å². The van der Waals surface area contributed by atoms with E-state index in [-0.39, 0.29) is 0 Å². The van der Waals surface area contributed by atoms with Crippen LogP contribution in [0.1, 0.15) is 6.92 Å². The van der Waals surface area contributed by atoms with Crippen molar-refractivity contribution in [2.24, 2.45) is 0 Å². The van der Waals surface area contributed by atoms with Crippen molar-refractivity contribution in [1.29, 1.82) is 0 Å². The molecule has 0 aromatic heterocycles. The Bertz CT molecular complexity index is 181. The van der Waals surface area contributed by atoms with E-state index < -0.39 is 37.6 Å². The van der Waals surface area contributed by atoms with Crippen LogP contribution in [-0.4, -0.2) is 47.6 Å². The van der Waals surface area contributed by atoms with Crippen molar-refractivity contribution in [2.45, 2.75) is 24.8 Å². The smallest absolute Gasteiger partial charge is 0.323 e. The van der Waals surface area contributed by atoms with E-state index >= 15 is 0 Å². The second-order valence-corrected chi connectivity index (χ2v) is 3.35. The van der Waals surface area contributed by atoms with Crippen LogP contribution in [0.2, 0.25) is 0 Å². The van der Waals surface area contributed by atoms with Crippen molar-refractivity contribution in [3.8, 4) is 0 Å². The predicted octanol–water partition coefficient (Wildman–Crippen LogP) is 0.953. The van der Waals surface area contributed by atoms with E-state index in [9.17, 15) is 17.6 Å². The molecule has 1 N–H and O–H groups in total. The van der Waals surface area contributed by atoms with Gasteiger partial charge in [0.05, 0.1) is 19.7 Å². The van der Waals surface area contributed by atoms with E-state index in [1.54, 1.807) is 0 Å². The van der Waals surface area contributed by atoms with Crippen molar-refractivity contribution in [2.75, 3.05) is 19.7 Å². The summed E-state index contributed by atoms with van der Waals surface area (Å²) in [5, 5.41) is 8.60. The number of hydrogen-bond donors (Lipinski definition) is 1. The highest BCUT2D eigenvalue weighted by atomic mass is 19.3. The van der Waals surface area contributed by atoms with Crippen LogP contribution in [0, 0.1) is 0 Å². The highest BCUT2D eigenvalue weighted by molar-refractivity contribution is 4.98. The van der Waals surface area contributed by atoms with Crippen molar-refractivity contribution in [3.05, 3.63) is 0 Å². The Labute approximate surface area is 73.1 Å². The van der Waals surface area contributed by atoms with Crippen molar-refractivity contribution in [3.63, 3.8) is 0 Å². The zero-order chi connectivity index (χ0) is 10.3. The Balaban J connectivity index is 2.70. The standard InChI is InChI=1S/C7H11F4NO/c1-5(2-13)12-3-6(8,9)7(10,11)4-12/h5,13H,2-4H2,1H3. The SMILES string of the molecule is CC(CO)N1CC(F)(F)C(F)(F)C1. The van der Waals surface area contributed by atoms with Gasteiger partial charge in [0.1, 0.15) is 0 Å². The highest BCUT2D eigenvalue weighted by Gasteiger charge is 2.63. The molecule has 0 saturated carbocycles. The Kier molecular flexibility index (Phi) is 2.55. The van der Waals surface area contributed by atoms with Gasteiger partial charge in [-0.15, -0.1) is 0 Å². The van der Waals surface area contributed by atoms with Crippen LogP contribution in [0.3, 0.4) is 0 Å². The van der Waals surface area contributed by atoms with Gasteiger partial charge < -0.3 is 5.11 Å². The van der Waals surface area contributed by atoms with Crippen LogP contribution >= 0.6 is 0 Å². The second kappa shape index (κ2) is 3.09. The quantitative estimate of drug-likeness (QED) is 0.672. The van der Waals surface area contributed by atoms with E-state index in [1.807, 2.05) is 0 Å². The first kappa shape index (κ1) is 10.7. The van der Waals surface area contributed by atoms with Crippen molar-refractivity contribution < 1.29 is 22.7 Å². The number of aliphatic hydroxyl groups excluding tert-OH is 1. The molecule has 0 spiro atoms. The fourth-order valence-corrected chi connectivity index (χ4v) is 1.22. The molecule has 0 radical (unpaired) electrons. The van der Waals surface area contributed by atoms with Gasteiger partial charge in [0.25, 0.3) is 0 Å². The fraction of sp³-hybridized carbons (Fsp3) is 1.00. The zero-order valence-corrected chi connectivity index (χ0v) is 7.10. The van der Waals surface area contributed by atoms with Gasteiger partial charge in [-0.2, -0.15) is 17.6 Å². The molecule has 1 aliphatic heterocycles. The first-order chi connectivity index (χ1) is 5.80. The van der Waals surface area contributed by atoms with Crippen LogP contribution in [-0.2, 0) is 0 Å². The van der Waals surface area contributed by atoms with E-state index in [2.05, 4.69) is 0 Å². The monoisotopic (exact) mass is 201 g/mol. The topological polar surface area (TPSA) is 23.5 Å². The molecule has 0 aromatic carbocycles. The molecular weight excluding hydrogens is 190 g/mol. The number of halogens is 4. The third kappa shape index (κ3) is 1.78. The van der Waals surface area contributed by atoms with Crippen molar-refractivity contribution in [1.82, 2.24) is 4.90 Å². The average Bonchev–Trinajstić information content (AvgIpc) is 2.20. The summed E-state index contributed by atoms with van der Waals surface area (Å²) in [5.41, 5.74) is 0. The van der Waals surface area contributed by atoms with Crippen LogP contribution in [0.15, 0.2) is 0 Å². The molecule has 0 aliphatic carbocycles. The number of rotatable bonds is 2. The van der Waals surface area contributed by atoms with E-state index in [4.69, 9.17) is 5.11 Å². The number of hydrogen-bond acceptors (Lipinski definition) is 2. The third-order valence-corrected chi connectivity index (χ3v) is 2.23. The third-order valence-electron chi connectivity index (χ3n) is 2.23. The molecule has 1 saturated heterocycles. The largest absolute Gasteiger partial charge is 0.395 e. The first-order valence-electron chi connectivity index (χ1n) is 3.91. The molecule has 0 bridgehead atoms. The molecule has 1 unspecified atom stereocenters. The summed E-state index contributed by atoms with van der Waals surface area (Å²) in [6.45, 7) is -0.937. The second-order valence-electron chi connectivity index (χ2n) is 3.35. The maximum atomic E-state index is 12.6. The summed E-state index contributed by atoms with van der Waals surface area (Å²) in [7, 11) is 0. The van der Waals surface area contributed by atoms with E-state index in [0.29, 0.717) is 0 Å². The number of aliphatic hydroxyl groups is 1. The molecular formula is C7H11F4NO. The zero-order valence-electron chi connectivity index (χ0n) is 7.10. The van der Waals surface area contributed by atoms with Gasteiger partial charge >= 0.3 is 11.8 Å². The molecule has 1 rings (SSSR count). The van der Waals surface area contributed by atoms with Crippen molar-refractivity contribution >= 4 is 0 Å². The van der Waals surface area contributed by atoms with Gasteiger partial charge in [0.15, 0.2) is 0 Å². The molecule has 2 nitrogen and oxygen atoms in total. The van der Waals surface area contributed by atoms with Crippen LogP contribution in [0.4, 0.5) is 17.6 Å². The average molecular weight is 201 g/mol. The Morgan fingerprint density at radius 1 is 1.23 bits per heavy atom. The summed E-state index contributed by atoms with van der Waals surface area (Å²) < 4.78 is 50.4. The molecule has 6 heteroatoms. The molecule has 0 aromatic rings. The number of likely N-dealkylation sites (tertiary alicyclic amines) is 1. The minimum atomic E-state index is -3.98. The molecule has 1 aliphatic rings. The molecule has 0 amide bonds. The highest BCUT2D eigenvalue weighted by Crippen LogP contribution is 2.41. The summed E-state index contributed by atoms with van der Waals surface area (Å²) in [6.07, 6.45) is 0. The lowest BCUT2D eigenvalue weighted by atomic mass is 10.2. The molecule has 1 fully saturated rings. The Morgan fingerprint density at radius 3 is 1.92 bits per heavy atom. The minimum absolute atomic E-state index is 0.397. The molecule has 78 valence electrons. The van der Waals surface area contributed by atoms with E-state index in [1.165, 1.54) is 6.92 Å². The summed E-state index contributed by atoms with van der Waals surface area (Å²) >= 11 is 0. The summed E-state index contributed by atoms with van der Waals surface area (Å²) in [4.78, 5) is 0.889. The van der Waals surface area contributed by atoms with Crippen LogP contribution in [0.25, 0.3) is 0 Å². The maximum Gasteiger partial charge on any atom is 0.323 e. The van der Waals surface area contributed by atoms with Crippen LogP contribution < -0.4 is 0 Å². The summed E-state index contributed by atoms with van der Waals surface area (Å²) in [5.74, 6) is -7.95. The van der Waals surface area contributed by atoms with Gasteiger partial charge in [0, 0.05) is 6.04 Å². The maximum absolute atomic E-state index is 12.6. The van der Waals surface area contributed by atoms with Gasteiger partial charge in [0.2, 0.25) is 0 Å². The first-order valence-corrected chi connectivity index (χ1v) is 3.91. The minimum Gasteiger partial charge on any atom is -0.395 e. The van der Waals surface area contributed by atoms with Crippen LogP contribution in [0.5, 0.6) is 0 Å². The lowest BCUT2D eigenvalue weighted by Crippen LogP contribution is -2.38. The summed E-state index contributed by atoms with van der Waals surface area (Å²) in [6, 6.07) is -0.653. The fourth-order valence-electron chi connectivity index (χ4n) is 1.22. The lowest BCUT2D eigenvalue weighted by Gasteiger charge is -2.20. The number of alkyl halides is 4. The molecule has 1 heterocycles. The lowest BCUT2D eigenvalue weighted by molar-refractivity contribution is -0.172.